The second kappa shape index (κ2) is 4.97. The van der Waals surface area contributed by atoms with E-state index < -0.39 is 0 Å². The van der Waals surface area contributed by atoms with Crippen LogP contribution < -0.4 is 0 Å². The summed E-state index contributed by atoms with van der Waals surface area (Å²) in [5.41, 5.74) is 3.79. The largest absolute Gasteiger partial charge is 0.491 e. The molecule has 3 heteroatoms. The molecule has 2 fully saturated rings. The van der Waals surface area contributed by atoms with Gasteiger partial charge in [-0.25, -0.2) is 0 Å². The first-order valence-corrected chi connectivity index (χ1v) is 9.03. The molecule has 23 heavy (non-hydrogen) atoms. The average molecular weight is 310 g/mol. The van der Waals surface area contributed by atoms with Gasteiger partial charge in [-0.3, -0.25) is 0 Å². The molecule has 2 nitrogen and oxygen atoms in total. The van der Waals surface area contributed by atoms with Gasteiger partial charge in [-0.05, 0) is 57.1 Å². The predicted octanol–water partition coefficient (Wildman–Crippen LogP) is 4.92. The first-order valence-electron chi connectivity index (χ1n) is 9.03. The lowest BCUT2D eigenvalue weighted by atomic mass is 9.57. The van der Waals surface area contributed by atoms with Crippen molar-refractivity contribution in [2.75, 3.05) is 0 Å². The molecule has 0 radical (unpaired) electrons. The first-order chi connectivity index (χ1) is 10.9. The second-order valence-corrected chi connectivity index (χ2v) is 8.42. The van der Waals surface area contributed by atoms with E-state index in [9.17, 15) is 0 Å². The normalized spacial score (nSPS) is 27.1. The van der Waals surface area contributed by atoms with E-state index in [0.29, 0.717) is 0 Å². The summed E-state index contributed by atoms with van der Waals surface area (Å²) in [6, 6.07) is 8.87. The summed E-state index contributed by atoms with van der Waals surface area (Å²) in [5.74, 6) is 0. The van der Waals surface area contributed by atoms with E-state index in [1.54, 1.807) is 0 Å². The lowest BCUT2D eigenvalue weighted by Crippen LogP contribution is -2.41. The van der Waals surface area contributed by atoms with Gasteiger partial charge in [0.25, 0.3) is 0 Å². The van der Waals surface area contributed by atoms with Crippen molar-refractivity contribution in [2.45, 2.75) is 76.4 Å². The Labute approximate surface area is 140 Å². The van der Waals surface area contributed by atoms with Gasteiger partial charge in [0.15, 0.2) is 0 Å². The van der Waals surface area contributed by atoms with Crippen LogP contribution in [0, 0.1) is 0 Å². The van der Waals surface area contributed by atoms with E-state index in [0.717, 1.165) is 0 Å². The van der Waals surface area contributed by atoms with E-state index >= 15 is 0 Å². The Morgan fingerprint density at radius 3 is 2.13 bits per heavy atom. The fraction of sp³-hybridized carbons (Fsp3) is 0.600. The van der Waals surface area contributed by atoms with Crippen LogP contribution in [0.4, 0.5) is 0 Å². The highest BCUT2D eigenvalue weighted by Gasteiger charge is 2.57. The number of allylic oxidation sites excluding steroid dienone is 1. The molecule has 0 N–H and O–H groups in total. The maximum atomic E-state index is 6.42. The minimum Gasteiger partial charge on any atom is -0.400 e. The monoisotopic (exact) mass is 310 g/mol. The van der Waals surface area contributed by atoms with Gasteiger partial charge in [0.2, 0.25) is 0 Å². The van der Waals surface area contributed by atoms with E-state index in [4.69, 9.17) is 9.31 Å². The minimum absolute atomic E-state index is 0.135. The van der Waals surface area contributed by atoms with Gasteiger partial charge in [-0.1, -0.05) is 49.6 Å². The highest BCUT2D eigenvalue weighted by atomic mass is 16.7. The molecule has 1 saturated carbocycles. The van der Waals surface area contributed by atoms with E-state index in [1.165, 1.54) is 48.7 Å². The summed E-state index contributed by atoms with van der Waals surface area (Å²) in [6.45, 7) is 8.57. The molecule has 0 aromatic heterocycles. The van der Waals surface area contributed by atoms with Crippen LogP contribution in [0.2, 0.25) is 0 Å². The van der Waals surface area contributed by atoms with Crippen LogP contribution in [0.25, 0.3) is 6.08 Å². The molecule has 4 rings (SSSR count). The maximum Gasteiger partial charge on any atom is 0.491 e. The Hall–Kier alpha value is -1.06. The van der Waals surface area contributed by atoms with Crippen molar-refractivity contribution in [2.24, 2.45) is 0 Å². The number of hydrogen-bond acceptors (Lipinski definition) is 2. The smallest absolute Gasteiger partial charge is 0.400 e. The van der Waals surface area contributed by atoms with Crippen LogP contribution in [0.1, 0.15) is 70.9 Å². The summed E-state index contributed by atoms with van der Waals surface area (Å²) in [6.07, 6.45) is 8.74. The van der Waals surface area contributed by atoms with Gasteiger partial charge in [0.1, 0.15) is 0 Å². The van der Waals surface area contributed by atoms with E-state index in [-0.39, 0.29) is 23.7 Å². The summed E-state index contributed by atoms with van der Waals surface area (Å²) in [7, 11) is -0.217. The lowest BCUT2D eigenvalue weighted by Gasteiger charge is -2.38. The highest BCUT2D eigenvalue weighted by molar-refractivity contribution is 6.56. The van der Waals surface area contributed by atoms with Crippen LogP contribution in [-0.2, 0) is 14.7 Å². The Morgan fingerprint density at radius 1 is 0.870 bits per heavy atom. The SMILES string of the molecule is CC1(C)OB(C2=Cc3ccccc3C23CCCCC3)OC1(C)C. The van der Waals surface area contributed by atoms with Crippen LogP contribution in [-0.4, -0.2) is 18.3 Å². The number of fused-ring (bicyclic) bond motifs is 2. The molecule has 2 aliphatic carbocycles. The zero-order valence-electron chi connectivity index (χ0n) is 14.8. The number of rotatable bonds is 1. The van der Waals surface area contributed by atoms with Crippen molar-refractivity contribution >= 4 is 13.2 Å². The average Bonchev–Trinajstić information content (AvgIpc) is 2.92. The van der Waals surface area contributed by atoms with Crippen LogP contribution in [0.3, 0.4) is 0 Å². The molecule has 3 aliphatic rings. The highest BCUT2D eigenvalue weighted by Crippen LogP contribution is 2.54. The first kappa shape index (κ1) is 15.5. The zero-order valence-corrected chi connectivity index (χ0v) is 14.8. The zero-order chi connectivity index (χ0) is 16.3. The topological polar surface area (TPSA) is 18.5 Å². The third kappa shape index (κ3) is 2.16. The predicted molar refractivity (Wildman–Crippen MR) is 95.3 cm³/mol. The van der Waals surface area contributed by atoms with Gasteiger partial charge >= 0.3 is 7.12 Å². The fourth-order valence-electron chi connectivity index (χ4n) is 4.50. The van der Waals surface area contributed by atoms with Crippen molar-refractivity contribution in [1.29, 1.82) is 0 Å². The van der Waals surface area contributed by atoms with Gasteiger partial charge in [-0.15, -0.1) is 0 Å². The van der Waals surface area contributed by atoms with E-state index in [1.807, 2.05) is 0 Å². The Kier molecular flexibility index (Phi) is 3.34. The summed E-state index contributed by atoms with van der Waals surface area (Å²) >= 11 is 0. The minimum atomic E-state index is -0.275. The molecule has 0 unspecified atom stereocenters. The molecule has 1 aromatic carbocycles. The van der Waals surface area contributed by atoms with Crippen molar-refractivity contribution in [1.82, 2.24) is 0 Å². The Bertz CT molecular complexity index is 637. The maximum absolute atomic E-state index is 6.42. The van der Waals surface area contributed by atoms with Gasteiger partial charge in [0, 0.05) is 5.41 Å². The summed E-state index contributed by atoms with van der Waals surface area (Å²) < 4.78 is 12.8. The van der Waals surface area contributed by atoms with Gasteiger partial charge < -0.3 is 9.31 Å². The number of hydrogen-bond donors (Lipinski definition) is 0. The van der Waals surface area contributed by atoms with Crippen LogP contribution in [0.5, 0.6) is 0 Å². The van der Waals surface area contributed by atoms with E-state index in [2.05, 4.69) is 58.0 Å². The third-order valence-corrected chi connectivity index (χ3v) is 6.55. The molecular formula is C20H27BO2. The van der Waals surface area contributed by atoms with Crippen molar-refractivity contribution in [3.8, 4) is 0 Å². The number of benzene rings is 1. The summed E-state index contributed by atoms with van der Waals surface area (Å²) in [4.78, 5) is 0. The molecule has 0 bridgehead atoms. The standard InChI is InChI=1S/C20H27BO2/c1-18(2)19(3,4)23-21(22-18)17-14-15-10-6-7-11-16(15)20(17)12-8-5-9-13-20/h6-7,10-11,14H,5,8-9,12-13H2,1-4H3. The molecule has 1 heterocycles. The molecule has 1 aromatic rings. The Morgan fingerprint density at radius 2 is 1.48 bits per heavy atom. The second-order valence-electron chi connectivity index (χ2n) is 8.42. The fourth-order valence-corrected chi connectivity index (χ4v) is 4.50. The van der Waals surface area contributed by atoms with Gasteiger partial charge in [0.05, 0.1) is 11.2 Å². The van der Waals surface area contributed by atoms with Crippen molar-refractivity contribution in [3.05, 3.63) is 40.9 Å². The lowest BCUT2D eigenvalue weighted by molar-refractivity contribution is 0.00578. The Balaban J connectivity index is 1.77. The molecule has 1 aliphatic heterocycles. The van der Waals surface area contributed by atoms with Crippen molar-refractivity contribution < 1.29 is 9.31 Å². The van der Waals surface area contributed by atoms with Crippen molar-refractivity contribution in [3.63, 3.8) is 0 Å². The van der Waals surface area contributed by atoms with Crippen LogP contribution >= 0.6 is 0 Å². The van der Waals surface area contributed by atoms with Crippen LogP contribution in [0.15, 0.2) is 29.7 Å². The quantitative estimate of drug-likeness (QED) is 0.686. The molecule has 1 spiro atoms. The molecule has 0 atom stereocenters. The molecular weight excluding hydrogens is 283 g/mol. The summed E-state index contributed by atoms with van der Waals surface area (Å²) in [5, 5.41) is 0. The molecule has 0 amide bonds. The van der Waals surface area contributed by atoms with Gasteiger partial charge in [-0.2, -0.15) is 0 Å². The molecule has 122 valence electrons. The molecule has 1 saturated heterocycles. The third-order valence-electron chi connectivity index (χ3n) is 6.55.